The molecule has 0 aliphatic rings. The van der Waals surface area contributed by atoms with E-state index in [-0.39, 0.29) is 0 Å². The summed E-state index contributed by atoms with van der Waals surface area (Å²) in [5, 5.41) is 10.8. The van der Waals surface area contributed by atoms with Crippen molar-refractivity contribution >= 4 is 107 Å². The summed E-state index contributed by atoms with van der Waals surface area (Å²) >= 11 is 3.86. The number of aromatic nitrogens is 2. The molecule has 6 aromatic carbocycles. The lowest BCUT2D eigenvalue weighted by Gasteiger charge is -2.09. The molecule has 0 radical (unpaired) electrons. The number of hydrogen-bond acceptors (Lipinski definition) is 2. The monoisotopic (exact) mass is 572 g/mol. The number of aryl methyl sites for hydroxylation is 1. The summed E-state index contributed by atoms with van der Waals surface area (Å²) in [6.07, 6.45) is 0. The van der Waals surface area contributed by atoms with E-state index in [4.69, 9.17) is 0 Å². The zero-order chi connectivity index (χ0) is 27.5. The Hall–Kier alpha value is -4.64. The van der Waals surface area contributed by atoms with Gasteiger partial charge < -0.3 is 9.13 Å². The Morgan fingerprint density at radius 3 is 2.12 bits per heavy atom. The molecule has 0 aliphatic carbocycles. The molecule has 0 unspecified atom stereocenters. The van der Waals surface area contributed by atoms with Crippen molar-refractivity contribution in [1.82, 2.24) is 9.13 Å². The maximum atomic E-state index is 2.54. The fraction of sp³-hybridized carbons (Fsp3) is 0.0526. The van der Waals surface area contributed by atoms with E-state index in [1.807, 2.05) is 22.7 Å². The molecule has 0 saturated heterocycles. The Labute approximate surface area is 249 Å². The van der Waals surface area contributed by atoms with Gasteiger partial charge in [-0.3, -0.25) is 0 Å². The van der Waals surface area contributed by atoms with Crippen LogP contribution in [0.1, 0.15) is 5.56 Å². The number of para-hydroxylation sites is 2. The van der Waals surface area contributed by atoms with Gasteiger partial charge >= 0.3 is 0 Å². The Bertz CT molecular complexity index is 2730. The highest BCUT2D eigenvalue weighted by molar-refractivity contribution is 7.27. The van der Waals surface area contributed by atoms with Crippen molar-refractivity contribution in [2.45, 2.75) is 6.54 Å². The topological polar surface area (TPSA) is 9.86 Å². The fourth-order valence-electron chi connectivity index (χ4n) is 7.29. The van der Waals surface area contributed by atoms with Crippen LogP contribution in [0.5, 0.6) is 0 Å². The number of nitrogens with zero attached hydrogens (tertiary/aromatic N) is 2. The van der Waals surface area contributed by atoms with Gasteiger partial charge in [-0.15, -0.1) is 22.7 Å². The van der Waals surface area contributed by atoms with Crippen LogP contribution in [-0.2, 0) is 13.6 Å². The average Bonchev–Trinajstić information content (AvgIpc) is 3.76. The first kappa shape index (κ1) is 23.0. The van der Waals surface area contributed by atoms with Gasteiger partial charge in [0.25, 0.3) is 0 Å². The number of rotatable bonds is 2. The summed E-state index contributed by atoms with van der Waals surface area (Å²) in [4.78, 5) is 0. The van der Waals surface area contributed by atoms with Gasteiger partial charge in [0.15, 0.2) is 0 Å². The van der Waals surface area contributed by atoms with Crippen LogP contribution >= 0.6 is 22.7 Å². The van der Waals surface area contributed by atoms with Gasteiger partial charge in [0.05, 0.1) is 11.0 Å². The smallest absolute Gasteiger partial charge is 0.0509 e. The fourth-order valence-corrected chi connectivity index (χ4v) is 9.77. The molecule has 0 spiro atoms. The minimum Gasteiger partial charge on any atom is -0.344 e. The normalized spacial score (nSPS) is 12.5. The van der Waals surface area contributed by atoms with Crippen LogP contribution in [0.15, 0.2) is 115 Å². The summed E-state index contributed by atoms with van der Waals surface area (Å²) in [6, 6.07) is 42.9. The highest BCUT2D eigenvalue weighted by Gasteiger charge is 2.18. The molecule has 2 nitrogen and oxygen atoms in total. The lowest BCUT2D eigenvalue weighted by Crippen LogP contribution is -1.99. The van der Waals surface area contributed by atoms with E-state index < -0.39 is 0 Å². The number of fused-ring (bicyclic) bond motifs is 13. The lowest BCUT2D eigenvalue weighted by molar-refractivity contribution is 0.878. The minimum absolute atomic E-state index is 0.837. The molecule has 0 atom stereocenters. The van der Waals surface area contributed by atoms with Crippen LogP contribution in [0.4, 0.5) is 0 Å². The maximum Gasteiger partial charge on any atom is 0.0509 e. The van der Waals surface area contributed by atoms with Crippen molar-refractivity contribution in [1.29, 1.82) is 0 Å². The van der Waals surface area contributed by atoms with Crippen LogP contribution in [0.2, 0.25) is 0 Å². The van der Waals surface area contributed by atoms with Crippen molar-refractivity contribution in [2.24, 2.45) is 7.05 Å². The molecule has 0 N–H and O–H groups in total. The second kappa shape index (κ2) is 8.22. The predicted molar refractivity (Wildman–Crippen MR) is 185 cm³/mol. The highest BCUT2D eigenvalue weighted by Crippen LogP contribution is 2.44. The number of thiophene rings is 2. The van der Waals surface area contributed by atoms with Gasteiger partial charge in [0.2, 0.25) is 0 Å². The molecule has 4 heterocycles. The summed E-state index contributed by atoms with van der Waals surface area (Å²) in [5.74, 6) is 0. The quantitative estimate of drug-likeness (QED) is 0.195. The molecule has 4 aromatic heterocycles. The first-order valence-electron chi connectivity index (χ1n) is 14.4. The van der Waals surface area contributed by atoms with Crippen LogP contribution in [-0.4, -0.2) is 9.13 Å². The molecular weight excluding hydrogens is 549 g/mol. The van der Waals surface area contributed by atoms with Gasteiger partial charge in [-0.05, 0) is 42.0 Å². The molecule has 198 valence electrons. The second-order valence-corrected chi connectivity index (χ2v) is 13.5. The molecule has 42 heavy (non-hydrogen) atoms. The average molecular weight is 573 g/mol. The molecule has 10 aromatic rings. The first-order chi connectivity index (χ1) is 20.7. The zero-order valence-electron chi connectivity index (χ0n) is 22.9. The second-order valence-electron chi connectivity index (χ2n) is 11.4. The van der Waals surface area contributed by atoms with Gasteiger partial charge in [-0.2, -0.15) is 0 Å². The molecule has 4 heteroatoms. The number of benzene rings is 6. The van der Waals surface area contributed by atoms with Crippen molar-refractivity contribution in [3.05, 3.63) is 121 Å². The van der Waals surface area contributed by atoms with Gasteiger partial charge in [-0.25, -0.2) is 0 Å². The summed E-state index contributed by atoms with van der Waals surface area (Å²) in [5.41, 5.74) is 6.57. The summed E-state index contributed by atoms with van der Waals surface area (Å²) in [6.45, 7) is 0.837. The van der Waals surface area contributed by atoms with Crippen molar-refractivity contribution in [3.8, 4) is 0 Å². The van der Waals surface area contributed by atoms with E-state index in [0.29, 0.717) is 0 Å². The Balaban J connectivity index is 1.25. The van der Waals surface area contributed by atoms with Gasteiger partial charge in [-0.1, -0.05) is 78.9 Å². The molecule has 10 rings (SSSR count). The molecule has 0 aliphatic heterocycles. The molecule has 0 saturated carbocycles. The van der Waals surface area contributed by atoms with Gasteiger partial charge in [0.1, 0.15) is 0 Å². The van der Waals surface area contributed by atoms with Crippen LogP contribution in [0.25, 0.3) is 84.0 Å². The minimum atomic E-state index is 0.837. The maximum absolute atomic E-state index is 2.54. The van der Waals surface area contributed by atoms with E-state index in [1.165, 1.54) is 89.5 Å². The molecular formula is C38H24N2S2. The number of hydrogen-bond donors (Lipinski definition) is 0. The highest BCUT2D eigenvalue weighted by atomic mass is 32.1. The molecule has 0 amide bonds. The Morgan fingerprint density at radius 2 is 1.21 bits per heavy atom. The third-order valence-electron chi connectivity index (χ3n) is 9.22. The van der Waals surface area contributed by atoms with E-state index >= 15 is 0 Å². The largest absolute Gasteiger partial charge is 0.344 e. The third-order valence-corrected chi connectivity index (χ3v) is 11.7. The Morgan fingerprint density at radius 1 is 0.476 bits per heavy atom. The molecule has 0 bridgehead atoms. The van der Waals surface area contributed by atoms with Crippen LogP contribution in [0.3, 0.4) is 0 Å². The van der Waals surface area contributed by atoms with E-state index in [1.54, 1.807) is 0 Å². The zero-order valence-corrected chi connectivity index (χ0v) is 24.5. The standard InChI is InChI=1S/C38H24N2S2/c1-39-30-14-5-3-12-27(30)36-32(39)18-17-26-25-13-8-9-22(37(25)42-38(26)36)21-40-31-15-6-2-10-23(31)28-19-29-24-11-4-7-16-34(24)41-35(29)20-33(28)40/h2-20H,21H2,1H3. The van der Waals surface area contributed by atoms with E-state index in [2.05, 4.69) is 131 Å². The van der Waals surface area contributed by atoms with Crippen molar-refractivity contribution in [2.75, 3.05) is 0 Å². The first-order valence-corrected chi connectivity index (χ1v) is 16.0. The van der Waals surface area contributed by atoms with E-state index in [0.717, 1.165) is 6.54 Å². The molecule has 0 fully saturated rings. The van der Waals surface area contributed by atoms with Gasteiger partial charge in [0, 0.05) is 86.5 Å². The predicted octanol–water partition coefficient (Wildman–Crippen LogP) is 11.2. The SMILES string of the molecule is Cn1c2ccccc2c2c3sc4c(Cn5c6ccccc6c6cc7c(cc65)sc5ccccc57)cccc4c3ccc21. The van der Waals surface area contributed by atoms with Crippen LogP contribution in [0, 0.1) is 0 Å². The van der Waals surface area contributed by atoms with Crippen LogP contribution < -0.4 is 0 Å². The lowest BCUT2D eigenvalue weighted by atomic mass is 10.1. The summed E-state index contributed by atoms with van der Waals surface area (Å²) < 4.78 is 10.4. The van der Waals surface area contributed by atoms with E-state index in [9.17, 15) is 0 Å². The third kappa shape index (κ3) is 2.93. The Kier molecular flexibility index (Phi) is 4.50. The van der Waals surface area contributed by atoms with Crippen molar-refractivity contribution in [3.63, 3.8) is 0 Å². The van der Waals surface area contributed by atoms with Crippen molar-refractivity contribution < 1.29 is 0 Å². The summed E-state index contributed by atoms with van der Waals surface area (Å²) in [7, 11) is 2.19.